The first-order valence-electron chi connectivity index (χ1n) is 8.64. The largest absolute Gasteiger partial charge is 0.340 e. The lowest BCUT2D eigenvalue weighted by Crippen LogP contribution is -2.49. The molecule has 6 heteroatoms. The summed E-state index contributed by atoms with van der Waals surface area (Å²) in [7, 11) is 2.01. The van der Waals surface area contributed by atoms with Crippen LogP contribution in [-0.4, -0.2) is 66.1 Å². The Kier molecular flexibility index (Phi) is 6.05. The molecule has 0 saturated carbocycles. The molecule has 0 spiro atoms. The fourth-order valence-corrected chi connectivity index (χ4v) is 3.86. The van der Waals surface area contributed by atoms with Gasteiger partial charge in [-0.1, -0.05) is 37.3 Å². The zero-order valence-electron chi connectivity index (χ0n) is 14.4. The van der Waals surface area contributed by atoms with Crippen LogP contribution in [0.4, 0.5) is 0 Å². The van der Waals surface area contributed by atoms with Crippen LogP contribution in [-0.2, 0) is 0 Å². The molecule has 1 atom stereocenters. The van der Waals surface area contributed by atoms with Gasteiger partial charge >= 0.3 is 0 Å². The Morgan fingerprint density at radius 3 is 2.54 bits per heavy atom. The highest BCUT2D eigenvalue weighted by Crippen LogP contribution is 2.29. The van der Waals surface area contributed by atoms with Crippen LogP contribution < -0.4 is 5.32 Å². The molecule has 3 rings (SSSR count). The summed E-state index contributed by atoms with van der Waals surface area (Å²) in [6.45, 7) is 8.72. The molecule has 0 aliphatic carbocycles. The average molecular weight is 392 g/mol. The molecule has 24 heavy (non-hydrogen) atoms. The van der Waals surface area contributed by atoms with Gasteiger partial charge in [-0.05, 0) is 29.5 Å². The predicted octanol–water partition coefficient (Wildman–Crippen LogP) is 2.74. The number of likely N-dealkylation sites (N-methyl/N-ethyl adjacent to an activating group) is 2. The van der Waals surface area contributed by atoms with Gasteiger partial charge in [-0.15, -0.1) is 0 Å². The van der Waals surface area contributed by atoms with Crippen molar-refractivity contribution in [2.24, 2.45) is 0 Å². The van der Waals surface area contributed by atoms with Crippen LogP contribution in [0, 0.1) is 0 Å². The quantitative estimate of drug-likeness (QED) is 0.794. The van der Waals surface area contributed by atoms with Crippen molar-refractivity contribution in [3.8, 4) is 11.4 Å². The molecule has 0 amide bonds. The molecule has 1 saturated heterocycles. The zero-order chi connectivity index (χ0) is 16.9. The molecule has 5 nitrogen and oxygen atoms in total. The molecule has 1 fully saturated rings. The summed E-state index contributed by atoms with van der Waals surface area (Å²) in [4.78, 5) is 13.3. The molecule has 1 aliphatic rings. The van der Waals surface area contributed by atoms with Crippen molar-refractivity contribution in [2.45, 2.75) is 13.0 Å². The van der Waals surface area contributed by atoms with E-state index in [2.05, 4.69) is 55.1 Å². The van der Waals surface area contributed by atoms with Crippen molar-refractivity contribution in [1.82, 2.24) is 25.1 Å². The maximum absolute atomic E-state index is 4.71. The van der Waals surface area contributed by atoms with E-state index in [1.54, 1.807) is 0 Å². The lowest BCUT2D eigenvalue weighted by atomic mass is 10.1. The van der Waals surface area contributed by atoms with Gasteiger partial charge in [0, 0.05) is 38.3 Å². The number of imidazole rings is 1. The highest BCUT2D eigenvalue weighted by molar-refractivity contribution is 9.10. The number of aromatic amines is 1. The van der Waals surface area contributed by atoms with Crippen LogP contribution in [0.15, 0.2) is 34.9 Å². The van der Waals surface area contributed by atoms with Crippen molar-refractivity contribution in [1.29, 1.82) is 0 Å². The molecule has 1 aromatic heterocycles. The highest BCUT2D eigenvalue weighted by atomic mass is 79.9. The highest BCUT2D eigenvalue weighted by Gasteiger charge is 2.27. The number of hydrogen-bond donors (Lipinski definition) is 2. The van der Waals surface area contributed by atoms with Crippen molar-refractivity contribution >= 4 is 15.9 Å². The van der Waals surface area contributed by atoms with Crippen LogP contribution >= 0.6 is 15.9 Å². The first kappa shape index (κ1) is 17.6. The van der Waals surface area contributed by atoms with Crippen LogP contribution in [0.1, 0.15) is 18.7 Å². The summed E-state index contributed by atoms with van der Waals surface area (Å²) in [5, 5.41) is 3.34. The second kappa shape index (κ2) is 8.25. The minimum Gasteiger partial charge on any atom is -0.340 e. The molecule has 2 N–H and O–H groups in total. The van der Waals surface area contributed by atoms with Crippen LogP contribution in [0.2, 0.25) is 0 Å². The number of nitrogens with one attached hydrogen (secondary N) is 2. The maximum Gasteiger partial charge on any atom is 0.138 e. The third-order valence-electron chi connectivity index (χ3n) is 4.76. The van der Waals surface area contributed by atoms with E-state index in [0.29, 0.717) is 6.04 Å². The summed E-state index contributed by atoms with van der Waals surface area (Å²) in [6.07, 6.45) is 0. The summed E-state index contributed by atoms with van der Waals surface area (Å²) in [5.41, 5.74) is 2.27. The first-order valence-corrected chi connectivity index (χ1v) is 9.44. The maximum atomic E-state index is 4.71. The van der Waals surface area contributed by atoms with E-state index in [1.165, 1.54) is 0 Å². The zero-order valence-corrected chi connectivity index (χ0v) is 16.0. The Hall–Kier alpha value is -1.21. The predicted molar refractivity (Wildman–Crippen MR) is 102 cm³/mol. The minimum atomic E-state index is 0.299. The van der Waals surface area contributed by atoms with Crippen LogP contribution in [0.5, 0.6) is 0 Å². The van der Waals surface area contributed by atoms with Gasteiger partial charge in [0.1, 0.15) is 10.4 Å². The second-order valence-electron chi connectivity index (χ2n) is 6.20. The molecular formula is C18H26BrN5. The van der Waals surface area contributed by atoms with E-state index < -0.39 is 0 Å². The number of H-pyrrole nitrogens is 1. The van der Waals surface area contributed by atoms with Gasteiger partial charge in [0.05, 0.1) is 11.7 Å². The van der Waals surface area contributed by atoms with Crippen molar-refractivity contribution in [3.05, 3.63) is 40.6 Å². The molecule has 2 heterocycles. The van der Waals surface area contributed by atoms with Crippen molar-refractivity contribution in [2.75, 3.05) is 46.3 Å². The normalized spacial score (nSPS) is 18.0. The van der Waals surface area contributed by atoms with Gasteiger partial charge in [-0.3, -0.25) is 4.90 Å². The molecule has 1 aliphatic heterocycles. The summed E-state index contributed by atoms with van der Waals surface area (Å²) >= 11 is 3.67. The number of halogens is 1. The van der Waals surface area contributed by atoms with E-state index in [4.69, 9.17) is 4.98 Å². The lowest BCUT2D eigenvalue weighted by molar-refractivity contribution is 0.0973. The van der Waals surface area contributed by atoms with Gasteiger partial charge in [0.15, 0.2) is 0 Å². The van der Waals surface area contributed by atoms with Gasteiger partial charge in [0.2, 0.25) is 0 Å². The summed E-state index contributed by atoms with van der Waals surface area (Å²) < 4.78 is 0.916. The third-order valence-corrected chi connectivity index (χ3v) is 5.36. The van der Waals surface area contributed by atoms with Gasteiger partial charge in [0.25, 0.3) is 0 Å². The molecule has 1 unspecified atom stereocenters. The second-order valence-corrected chi connectivity index (χ2v) is 6.95. The standard InChI is InChI=1S/C18H26BrN5/c1-3-23-9-11-24(12-10-23)15(13-20-2)16-17(19)22-18(21-16)14-7-5-4-6-8-14/h4-8,15,20H,3,9-13H2,1-2H3,(H,21,22). The Balaban J connectivity index is 1.82. The number of aromatic nitrogens is 2. The van der Waals surface area contributed by atoms with Gasteiger partial charge < -0.3 is 15.2 Å². The summed E-state index contributed by atoms with van der Waals surface area (Å²) in [6, 6.07) is 10.6. The Labute approximate surface area is 152 Å². The number of hydrogen-bond acceptors (Lipinski definition) is 4. The van der Waals surface area contributed by atoms with E-state index in [9.17, 15) is 0 Å². The first-order chi connectivity index (χ1) is 11.7. The molecule has 1 aromatic carbocycles. The molecule has 0 radical (unpaired) electrons. The van der Waals surface area contributed by atoms with E-state index in [0.717, 1.165) is 61.0 Å². The number of rotatable bonds is 6. The van der Waals surface area contributed by atoms with E-state index in [1.807, 2.05) is 25.2 Å². The van der Waals surface area contributed by atoms with E-state index >= 15 is 0 Å². The van der Waals surface area contributed by atoms with Crippen molar-refractivity contribution < 1.29 is 0 Å². The van der Waals surface area contributed by atoms with Crippen LogP contribution in [0.25, 0.3) is 11.4 Å². The van der Waals surface area contributed by atoms with Gasteiger partial charge in [-0.2, -0.15) is 0 Å². The average Bonchev–Trinajstić information content (AvgIpc) is 3.02. The molecule has 0 bridgehead atoms. The van der Waals surface area contributed by atoms with Crippen molar-refractivity contribution in [3.63, 3.8) is 0 Å². The SMILES string of the molecule is CCN1CCN(C(CNC)c2[nH]c(-c3ccccc3)nc2Br)CC1. The Bertz CT molecular complexity index is 634. The van der Waals surface area contributed by atoms with Gasteiger partial charge in [-0.25, -0.2) is 4.98 Å². The third kappa shape index (κ3) is 3.88. The van der Waals surface area contributed by atoms with Crippen LogP contribution in [0.3, 0.4) is 0 Å². The number of piperazine rings is 1. The van der Waals surface area contributed by atoms with E-state index in [-0.39, 0.29) is 0 Å². The molecular weight excluding hydrogens is 366 g/mol. The Morgan fingerprint density at radius 2 is 1.92 bits per heavy atom. The number of benzene rings is 1. The minimum absolute atomic E-state index is 0.299. The lowest BCUT2D eigenvalue weighted by Gasteiger charge is -2.38. The number of nitrogens with zero attached hydrogens (tertiary/aromatic N) is 3. The summed E-state index contributed by atoms with van der Waals surface area (Å²) in [5.74, 6) is 0.922. The Morgan fingerprint density at radius 1 is 1.21 bits per heavy atom. The monoisotopic (exact) mass is 391 g/mol. The fourth-order valence-electron chi connectivity index (χ4n) is 3.32. The topological polar surface area (TPSA) is 47.2 Å². The molecule has 130 valence electrons. The fraction of sp³-hybridized carbons (Fsp3) is 0.500. The smallest absolute Gasteiger partial charge is 0.138 e. The molecule has 2 aromatic rings.